The molecular formula is C18H24N2O. The number of anilines is 1. The molecule has 21 heavy (non-hydrogen) atoms. The van der Waals surface area contributed by atoms with Crippen LogP contribution >= 0.6 is 0 Å². The fraction of sp³-hybridized carbons (Fsp3) is 0.556. The molecule has 1 aliphatic heterocycles. The average Bonchev–Trinajstić information content (AvgIpc) is 2.72. The minimum absolute atomic E-state index is 0.0515. The first-order valence-electron chi connectivity index (χ1n) is 7.83. The van der Waals surface area contributed by atoms with Crippen LogP contribution in [0.1, 0.15) is 56.0 Å². The van der Waals surface area contributed by atoms with Crippen molar-refractivity contribution in [3.8, 4) is 6.07 Å². The maximum absolute atomic E-state index is 11.6. The molecule has 1 aliphatic rings. The number of rotatable bonds is 3. The molecule has 1 aromatic rings. The van der Waals surface area contributed by atoms with Gasteiger partial charge in [-0.1, -0.05) is 13.8 Å². The molecule has 1 saturated heterocycles. The van der Waals surface area contributed by atoms with E-state index in [1.54, 1.807) is 19.1 Å². The number of carbonyl (C=O) groups excluding carboxylic acids is 1. The van der Waals surface area contributed by atoms with E-state index in [0.29, 0.717) is 17.0 Å². The topological polar surface area (TPSA) is 44.1 Å². The van der Waals surface area contributed by atoms with Crippen LogP contribution in [-0.2, 0) is 0 Å². The molecular weight excluding hydrogens is 260 g/mol. The molecule has 3 heteroatoms. The monoisotopic (exact) mass is 284 g/mol. The van der Waals surface area contributed by atoms with E-state index in [-0.39, 0.29) is 5.78 Å². The van der Waals surface area contributed by atoms with Gasteiger partial charge in [0.05, 0.1) is 11.3 Å². The normalized spacial score (nSPS) is 19.2. The molecule has 0 amide bonds. The number of nitrogens with zero attached hydrogens (tertiary/aromatic N) is 2. The second-order valence-corrected chi connectivity index (χ2v) is 6.32. The van der Waals surface area contributed by atoms with Crippen LogP contribution in [0.15, 0.2) is 18.2 Å². The maximum atomic E-state index is 11.6. The highest BCUT2D eigenvalue weighted by Crippen LogP contribution is 2.29. The molecule has 1 unspecified atom stereocenters. The van der Waals surface area contributed by atoms with E-state index in [4.69, 9.17) is 0 Å². The van der Waals surface area contributed by atoms with E-state index >= 15 is 0 Å². The van der Waals surface area contributed by atoms with E-state index in [2.05, 4.69) is 24.8 Å². The van der Waals surface area contributed by atoms with Crippen molar-refractivity contribution in [1.82, 2.24) is 0 Å². The molecule has 2 rings (SSSR count). The van der Waals surface area contributed by atoms with Crippen molar-refractivity contribution >= 4 is 11.5 Å². The number of nitriles is 1. The fourth-order valence-corrected chi connectivity index (χ4v) is 3.14. The second kappa shape index (κ2) is 6.76. The Morgan fingerprint density at radius 1 is 1.33 bits per heavy atom. The Kier molecular flexibility index (Phi) is 5.01. The number of ketones is 1. The minimum Gasteiger partial charge on any atom is -0.370 e. The van der Waals surface area contributed by atoms with Gasteiger partial charge in [-0.05, 0) is 56.2 Å². The summed E-state index contributed by atoms with van der Waals surface area (Å²) in [6.07, 6.45) is 3.56. The summed E-state index contributed by atoms with van der Waals surface area (Å²) in [5.41, 5.74) is 2.28. The molecule has 0 bridgehead atoms. The lowest BCUT2D eigenvalue weighted by molar-refractivity contribution is 0.101. The minimum atomic E-state index is 0.0515. The molecule has 1 aromatic carbocycles. The van der Waals surface area contributed by atoms with Crippen molar-refractivity contribution in [3.05, 3.63) is 29.3 Å². The van der Waals surface area contributed by atoms with Gasteiger partial charge < -0.3 is 4.90 Å². The summed E-state index contributed by atoms with van der Waals surface area (Å²) >= 11 is 0. The predicted molar refractivity (Wildman–Crippen MR) is 85.6 cm³/mol. The zero-order valence-electron chi connectivity index (χ0n) is 13.2. The van der Waals surface area contributed by atoms with Crippen molar-refractivity contribution in [2.24, 2.45) is 11.8 Å². The smallest absolute Gasteiger partial charge is 0.159 e. The van der Waals surface area contributed by atoms with Crippen LogP contribution in [0.25, 0.3) is 0 Å². The quantitative estimate of drug-likeness (QED) is 0.787. The first-order valence-corrected chi connectivity index (χ1v) is 7.83. The van der Waals surface area contributed by atoms with Crippen LogP contribution in [0.5, 0.6) is 0 Å². The zero-order valence-corrected chi connectivity index (χ0v) is 13.2. The molecule has 1 atom stereocenters. The van der Waals surface area contributed by atoms with E-state index in [1.165, 1.54) is 6.42 Å². The van der Waals surface area contributed by atoms with Crippen LogP contribution < -0.4 is 4.90 Å². The number of hydrogen-bond donors (Lipinski definition) is 0. The third-order valence-corrected chi connectivity index (χ3v) is 4.58. The highest BCUT2D eigenvalue weighted by Gasteiger charge is 2.21. The average molecular weight is 284 g/mol. The van der Waals surface area contributed by atoms with Crippen LogP contribution in [0.3, 0.4) is 0 Å². The Bertz CT molecular complexity index is 557. The zero-order chi connectivity index (χ0) is 15.4. The Morgan fingerprint density at radius 2 is 2.10 bits per heavy atom. The Labute approximate surface area is 127 Å². The number of benzene rings is 1. The van der Waals surface area contributed by atoms with Gasteiger partial charge in [0.2, 0.25) is 0 Å². The first kappa shape index (κ1) is 15.6. The molecule has 0 aromatic heterocycles. The van der Waals surface area contributed by atoms with Gasteiger partial charge >= 0.3 is 0 Å². The van der Waals surface area contributed by atoms with Gasteiger partial charge in [-0.2, -0.15) is 5.26 Å². The summed E-state index contributed by atoms with van der Waals surface area (Å²) in [7, 11) is 0. The van der Waals surface area contributed by atoms with Gasteiger partial charge in [0, 0.05) is 18.7 Å². The fourth-order valence-electron chi connectivity index (χ4n) is 3.14. The van der Waals surface area contributed by atoms with Crippen LogP contribution in [0.4, 0.5) is 5.69 Å². The molecule has 0 radical (unpaired) electrons. The summed E-state index contributed by atoms with van der Waals surface area (Å²) in [4.78, 5) is 13.9. The van der Waals surface area contributed by atoms with Crippen molar-refractivity contribution in [3.63, 3.8) is 0 Å². The van der Waals surface area contributed by atoms with Gasteiger partial charge in [0.1, 0.15) is 6.07 Å². The largest absolute Gasteiger partial charge is 0.370 e. The third-order valence-electron chi connectivity index (χ3n) is 4.58. The van der Waals surface area contributed by atoms with E-state index in [1.807, 2.05) is 6.07 Å². The highest BCUT2D eigenvalue weighted by atomic mass is 16.1. The third kappa shape index (κ3) is 3.64. The summed E-state index contributed by atoms with van der Waals surface area (Å²) in [5, 5.41) is 9.33. The number of Topliss-reactive ketones (excluding diaryl/α,β-unsaturated/α-hetero) is 1. The molecule has 0 saturated carbocycles. The lowest BCUT2D eigenvalue weighted by Gasteiger charge is -2.25. The molecule has 1 fully saturated rings. The van der Waals surface area contributed by atoms with Crippen molar-refractivity contribution in [2.45, 2.75) is 40.0 Å². The molecule has 3 nitrogen and oxygen atoms in total. The molecule has 0 N–H and O–H groups in total. The van der Waals surface area contributed by atoms with E-state index in [9.17, 15) is 10.1 Å². The van der Waals surface area contributed by atoms with E-state index < -0.39 is 0 Å². The van der Waals surface area contributed by atoms with Gasteiger partial charge in [-0.3, -0.25) is 4.79 Å². The SMILES string of the molecule is CC(=O)c1ccc(C#N)c(N2CCCC(C(C)C)CC2)c1. The highest BCUT2D eigenvalue weighted by molar-refractivity contribution is 5.95. The standard InChI is InChI=1S/C18H24N2O/c1-13(2)15-5-4-9-20(10-8-15)18-11-16(14(3)21)6-7-17(18)12-19/h6-7,11,13,15H,4-5,8-10H2,1-3H3. The summed E-state index contributed by atoms with van der Waals surface area (Å²) < 4.78 is 0. The molecule has 0 spiro atoms. The van der Waals surface area contributed by atoms with E-state index in [0.717, 1.165) is 37.5 Å². The van der Waals surface area contributed by atoms with Gasteiger partial charge in [0.15, 0.2) is 5.78 Å². The lowest BCUT2D eigenvalue weighted by atomic mass is 9.89. The Morgan fingerprint density at radius 3 is 2.71 bits per heavy atom. The van der Waals surface area contributed by atoms with Gasteiger partial charge in [0.25, 0.3) is 0 Å². The second-order valence-electron chi connectivity index (χ2n) is 6.32. The molecule has 112 valence electrons. The van der Waals surface area contributed by atoms with Gasteiger partial charge in [-0.25, -0.2) is 0 Å². The summed E-state index contributed by atoms with van der Waals surface area (Å²) in [6.45, 7) is 8.09. The Hall–Kier alpha value is -1.82. The lowest BCUT2D eigenvalue weighted by Crippen LogP contribution is -2.25. The summed E-state index contributed by atoms with van der Waals surface area (Å²) in [5.74, 6) is 1.52. The van der Waals surface area contributed by atoms with Crippen LogP contribution in [-0.4, -0.2) is 18.9 Å². The maximum Gasteiger partial charge on any atom is 0.159 e. The summed E-state index contributed by atoms with van der Waals surface area (Å²) in [6, 6.07) is 7.67. The molecule has 0 aliphatic carbocycles. The van der Waals surface area contributed by atoms with Gasteiger partial charge in [-0.15, -0.1) is 0 Å². The van der Waals surface area contributed by atoms with Crippen LogP contribution in [0, 0.1) is 23.2 Å². The Balaban J connectivity index is 2.26. The number of hydrogen-bond acceptors (Lipinski definition) is 3. The van der Waals surface area contributed by atoms with Crippen molar-refractivity contribution in [2.75, 3.05) is 18.0 Å². The first-order chi connectivity index (χ1) is 10.0. The van der Waals surface area contributed by atoms with Crippen molar-refractivity contribution in [1.29, 1.82) is 5.26 Å². The number of carbonyl (C=O) groups is 1. The van der Waals surface area contributed by atoms with Crippen molar-refractivity contribution < 1.29 is 4.79 Å². The van der Waals surface area contributed by atoms with Crippen LogP contribution in [0.2, 0.25) is 0 Å². The predicted octanol–water partition coefficient (Wildman–Crippen LogP) is 4.02. The molecule has 1 heterocycles.